The number of hydrogen-bond acceptors (Lipinski definition) is 10. The third-order valence-corrected chi connectivity index (χ3v) is 8.07. The molecule has 0 fully saturated rings. The number of amides is 2. The minimum absolute atomic E-state index is 0.0162. The number of ketones is 2. The fourth-order valence-electron chi connectivity index (χ4n) is 6.18. The van der Waals surface area contributed by atoms with Crippen LogP contribution < -0.4 is 22.1 Å². The van der Waals surface area contributed by atoms with E-state index in [0.717, 1.165) is 6.42 Å². The van der Waals surface area contributed by atoms with Gasteiger partial charge in [0.1, 0.15) is 22.9 Å². The van der Waals surface area contributed by atoms with E-state index in [0.29, 0.717) is 6.54 Å². The van der Waals surface area contributed by atoms with Gasteiger partial charge < -0.3 is 42.5 Å². The molecule has 5 atom stereocenters. The summed E-state index contributed by atoms with van der Waals surface area (Å²) in [5, 5.41) is 49.3. The average molecular weight is 531 g/mol. The second kappa shape index (κ2) is 8.61. The summed E-state index contributed by atoms with van der Waals surface area (Å²) >= 11 is 0. The normalized spacial score (nSPS) is 30.4. The molecule has 0 spiro atoms. The Labute approximate surface area is 215 Å². The molecule has 5 rings (SSSR count). The quantitative estimate of drug-likeness (QED) is 0.184. The molecular formula is C25H27FN4O8. The van der Waals surface area contributed by atoms with Crippen molar-refractivity contribution in [3.05, 3.63) is 45.2 Å². The average Bonchev–Trinajstić information content (AvgIpc) is 2.86. The van der Waals surface area contributed by atoms with Crippen LogP contribution in [0.4, 0.5) is 10.1 Å². The van der Waals surface area contributed by atoms with Crippen LogP contribution in [0.3, 0.4) is 0 Å². The van der Waals surface area contributed by atoms with Gasteiger partial charge in [-0.15, -0.1) is 0 Å². The van der Waals surface area contributed by atoms with Crippen LogP contribution in [0.25, 0.3) is 0 Å². The minimum atomic E-state index is -2.86. The van der Waals surface area contributed by atoms with Crippen LogP contribution in [0, 0.1) is 17.7 Å². The molecule has 0 bridgehead atoms. The van der Waals surface area contributed by atoms with Crippen molar-refractivity contribution in [2.75, 3.05) is 11.9 Å². The lowest BCUT2D eigenvalue weighted by Gasteiger charge is -2.47. The highest BCUT2D eigenvalue weighted by Crippen LogP contribution is 2.53. The summed E-state index contributed by atoms with van der Waals surface area (Å²) in [6.45, 7) is 2.40. The number of nitrogens with two attached hydrogens (primary N) is 2. The molecule has 1 heterocycles. The summed E-state index contributed by atoms with van der Waals surface area (Å²) in [5.74, 6) is -10.1. The summed E-state index contributed by atoms with van der Waals surface area (Å²) in [5.41, 5.74) is 6.00. The number of allylic oxidation sites excluding steroid dienone is 1. The van der Waals surface area contributed by atoms with Crippen LogP contribution >= 0.6 is 0 Å². The number of halogens is 1. The first-order valence-electron chi connectivity index (χ1n) is 12.2. The molecule has 3 aliphatic carbocycles. The van der Waals surface area contributed by atoms with Crippen LogP contribution in [0.1, 0.15) is 41.3 Å². The zero-order valence-electron chi connectivity index (χ0n) is 20.3. The van der Waals surface area contributed by atoms with E-state index in [1.54, 1.807) is 0 Å². The molecule has 12 nitrogen and oxygen atoms in total. The molecule has 1 aromatic carbocycles. The molecule has 1 unspecified atom stereocenters. The number of nitrogens with one attached hydrogen (secondary N) is 2. The molecule has 0 saturated heterocycles. The maximum atomic E-state index is 15.9. The first-order valence-corrected chi connectivity index (χ1v) is 12.2. The Morgan fingerprint density at radius 2 is 1.87 bits per heavy atom. The van der Waals surface area contributed by atoms with E-state index < -0.39 is 92.7 Å². The number of rotatable bonds is 4. The van der Waals surface area contributed by atoms with Gasteiger partial charge in [-0.3, -0.25) is 19.2 Å². The smallest absolute Gasteiger partial charge is 0.255 e. The third-order valence-electron chi connectivity index (χ3n) is 8.07. The van der Waals surface area contributed by atoms with Crippen molar-refractivity contribution in [1.82, 2.24) is 5.32 Å². The van der Waals surface area contributed by atoms with Crippen molar-refractivity contribution in [2.24, 2.45) is 23.3 Å². The molecule has 1 aromatic rings. The van der Waals surface area contributed by atoms with Crippen LogP contribution in [0.2, 0.25) is 0 Å². The molecule has 38 heavy (non-hydrogen) atoms. The summed E-state index contributed by atoms with van der Waals surface area (Å²) in [7, 11) is 0. The molecule has 202 valence electrons. The zero-order chi connectivity index (χ0) is 27.8. The molecule has 4 aliphatic rings. The summed E-state index contributed by atoms with van der Waals surface area (Å²) in [6.07, 6.45) is 0.206. The standard InChI is InChI=1S/C25H27FN4O8/c1-2-3-29-11-6-9-15(26)8-4-7-5-10-16(27)19(32)14(23(28)36)22(35)25(10,38)21(34)12(7)18(31)13(8)20(33)17(9)30-24(11)37/h7,10-11,16,29,32-34,38H,2-6,27H2,1H3,(H2,28,36)(H,30,37)/t7-,10-,11?,16-,25-/m0/s1. The lowest BCUT2D eigenvalue weighted by atomic mass is 9.59. The number of aromatic hydroxyl groups is 1. The van der Waals surface area contributed by atoms with Crippen molar-refractivity contribution in [3.63, 3.8) is 0 Å². The van der Waals surface area contributed by atoms with Crippen molar-refractivity contribution in [1.29, 1.82) is 0 Å². The Morgan fingerprint density at radius 1 is 1.18 bits per heavy atom. The number of benzene rings is 1. The molecule has 10 N–H and O–H groups in total. The van der Waals surface area contributed by atoms with Crippen LogP contribution in [-0.2, 0) is 27.2 Å². The monoisotopic (exact) mass is 530 g/mol. The minimum Gasteiger partial charge on any atom is -0.510 e. The molecule has 0 radical (unpaired) electrons. The van der Waals surface area contributed by atoms with Gasteiger partial charge in [0.15, 0.2) is 17.1 Å². The van der Waals surface area contributed by atoms with E-state index in [1.165, 1.54) is 0 Å². The van der Waals surface area contributed by atoms with E-state index in [-0.39, 0.29) is 36.1 Å². The largest absolute Gasteiger partial charge is 0.510 e. The molecule has 2 amide bonds. The van der Waals surface area contributed by atoms with Crippen molar-refractivity contribution >= 4 is 29.1 Å². The third kappa shape index (κ3) is 3.25. The Balaban J connectivity index is 1.65. The maximum Gasteiger partial charge on any atom is 0.255 e. The number of primary amides is 1. The number of aliphatic hydroxyl groups excluding tert-OH is 2. The number of anilines is 1. The second-order valence-electron chi connectivity index (χ2n) is 10.2. The van der Waals surface area contributed by atoms with Gasteiger partial charge in [0.2, 0.25) is 11.7 Å². The van der Waals surface area contributed by atoms with Crippen LogP contribution in [-0.4, -0.2) is 68.0 Å². The van der Waals surface area contributed by atoms with Gasteiger partial charge in [-0.1, -0.05) is 6.92 Å². The number of carbonyl (C=O) groups excluding carboxylic acids is 4. The number of aliphatic hydroxyl groups is 3. The van der Waals surface area contributed by atoms with Crippen molar-refractivity contribution in [2.45, 2.75) is 50.3 Å². The predicted molar refractivity (Wildman–Crippen MR) is 129 cm³/mol. The number of phenolic OH excluding ortho intramolecular Hbond substituents is 1. The zero-order valence-corrected chi connectivity index (χ0v) is 20.3. The Hall–Kier alpha value is -3.81. The Kier molecular flexibility index (Phi) is 5.85. The highest BCUT2D eigenvalue weighted by Gasteiger charge is 2.62. The first kappa shape index (κ1) is 25.8. The molecule has 0 aromatic heterocycles. The Morgan fingerprint density at radius 3 is 2.50 bits per heavy atom. The lowest BCUT2D eigenvalue weighted by molar-refractivity contribution is -0.145. The van der Waals surface area contributed by atoms with Crippen molar-refractivity contribution in [3.8, 4) is 5.75 Å². The maximum absolute atomic E-state index is 15.9. The van der Waals surface area contributed by atoms with E-state index >= 15 is 4.39 Å². The van der Waals surface area contributed by atoms with E-state index in [4.69, 9.17) is 11.5 Å². The van der Waals surface area contributed by atoms with E-state index in [2.05, 4.69) is 10.6 Å². The van der Waals surface area contributed by atoms with Gasteiger partial charge in [0, 0.05) is 29.0 Å². The van der Waals surface area contributed by atoms with Gasteiger partial charge in [0.25, 0.3) is 5.91 Å². The Bertz CT molecular complexity index is 1400. The highest BCUT2D eigenvalue weighted by atomic mass is 19.1. The number of carbonyl (C=O) groups is 4. The summed E-state index contributed by atoms with van der Waals surface area (Å²) < 4.78 is 15.9. The number of hydrogen-bond donors (Lipinski definition) is 8. The van der Waals surface area contributed by atoms with Crippen LogP contribution in [0.5, 0.6) is 5.75 Å². The van der Waals surface area contributed by atoms with Crippen molar-refractivity contribution < 1.29 is 44.0 Å². The van der Waals surface area contributed by atoms with Gasteiger partial charge in [0.05, 0.1) is 23.3 Å². The highest BCUT2D eigenvalue weighted by molar-refractivity contribution is 6.25. The van der Waals surface area contributed by atoms with Gasteiger partial charge in [-0.2, -0.15) is 0 Å². The number of Topliss-reactive ketones (excluding diaryl/α,β-unsaturated/α-hetero) is 2. The molecule has 1 aliphatic heterocycles. The number of phenols is 1. The molecule has 13 heteroatoms. The van der Waals surface area contributed by atoms with E-state index in [1.807, 2.05) is 6.92 Å². The lowest BCUT2D eigenvalue weighted by Crippen LogP contribution is -2.63. The van der Waals surface area contributed by atoms with Gasteiger partial charge in [-0.05, 0) is 31.7 Å². The summed E-state index contributed by atoms with van der Waals surface area (Å²) in [4.78, 5) is 51.1. The van der Waals surface area contributed by atoms with Gasteiger partial charge >= 0.3 is 0 Å². The molecule has 0 saturated carbocycles. The number of fused-ring (bicyclic) bond motifs is 4. The fourth-order valence-corrected chi connectivity index (χ4v) is 6.18. The predicted octanol–water partition coefficient (Wildman–Crippen LogP) is -0.480. The van der Waals surface area contributed by atoms with Crippen LogP contribution in [0.15, 0.2) is 22.7 Å². The molecular weight excluding hydrogens is 503 g/mol. The first-order chi connectivity index (χ1) is 17.9. The summed E-state index contributed by atoms with van der Waals surface area (Å²) in [6, 6.07) is -2.25. The fraction of sp³-hybridized carbons (Fsp3) is 0.440. The SMILES string of the molecule is CCCNC1Cc2c(F)c3c(c(O)c2NC1=O)C(=O)C1=C(O)[C@]2(O)C(=O)C(C(N)=O)=C(O)[C@@H](N)[C@@H]2C[C@@H]1C3. The van der Waals surface area contributed by atoms with E-state index in [9.17, 15) is 39.6 Å². The van der Waals surface area contributed by atoms with Gasteiger partial charge in [-0.25, -0.2) is 4.39 Å². The topological polar surface area (TPSA) is 225 Å². The second-order valence-corrected chi connectivity index (χ2v) is 10.2.